The third kappa shape index (κ3) is 4.63. The second-order valence-corrected chi connectivity index (χ2v) is 4.21. The van der Waals surface area contributed by atoms with Crippen molar-refractivity contribution in [2.24, 2.45) is 11.7 Å². The molecule has 0 saturated carbocycles. The Labute approximate surface area is 81.8 Å². The molecule has 0 aliphatic carbocycles. The zero-order valence-corrected chi connectivity index (χ0v) is 8.80. The Balaban J connectivity index is 2.03. The fourth-order valence-corrected chi connectivity index (χ4v) is 2.00. The standard InChI is InChI=1S/C11H23NO/c1-2-4-11(12)7-6-10-5-3-8-13-9-10/h10-11H,2-9,12H2,1H3. The maximum Gasteiger partial charge on any atom is 0.0494 e. The predicted octanol–water partition coefficient (Wildman–Crippen LogP) is 2.32. The van der Waals surface area contributed by atoms with Crippen LogP contribution in [0.4, 0.5) is 0 Å². The zero-order chi connectivity index (χ0) is 9.52. The van der Waals surface area contributed by atoms with Crippen molar-refractivity contribution >= 4 is 0 Å². The first-order valence-electron chi connectivity index (χ1n) is 5.66. The Morgan fingerprint density at radius 3 is 2.92 bits per heavy atom. The fraction of sp³-hybridized carbons (Fsp3) is 1.00. The summed E-state index contributed by atoms with van der Waals surface area (Å²) in [5.41, 5.74) is 5.96. The van der Waals surface area contributed by atoms with Gasteiger partial charge in [-0.05, 0) is 38.0 Å². The number of hydrogen-bond donors (Lipinski definition) is 1. The minimum absolute atomic E-state index is 0.423. The molecule has 2 nitrogen and oxygen atoms in total. The molecule has 0 aromatic heterocycles. The molecule has 0 aromatic carbocycles. The van der Waals surface area contributed by atoms with Gasteiger partial charge in [0.25, 0.3) is 0 Å². The number of nitrogens with two attached hydrogens (primary N) is 1. The maximum atomic E-state index is 5.96. The lowest BCUT2D eigenvalue weighted by atomic mass is 9.94. The van der Waals surface area contributed by atoms with Crippen molar-refractivity contribution in [1.29, 1.82) is 0 Å². The van der Waals surface area contributed by atoms with Crippen LogP contribution in [0.3, 0.4) is 0 Å². The summed E-state index contributed by atoms with van der Waals surface area (Å²) in [4.78, 5) is 0. The van der Waals surface area contributed by atoms with Crippen molar-refractivity contribution in [1.82, 2.24) is 0 Å². The average Bonchev–Trinajstić information content (AvgIpc) is 2.17. The molecule has 2 unspecified atom stereocenters. The molecule has 0 radical (unpaired) electrons. The van der Waals surface area contributed by atoms with Gasteiger partial charge in [-0.25, -0.2) is 0 Å². The van der Waals surface area contributed by atoms with Gasteiger partial charge < -0.3 is 10.5 Å². The van der Waals surface area contributed by atoms with E-state index in [-0.39, 0.29) is 0 Å². The van der Waals surface area contributed by atoms with Crippen molar-refractivity contribution < 1.29 is 4.74 Å². The van der Waals surface area contributed by atoms with Crippen LogP contribution in [0, 0.1) is 5.92 Å². The minimum atomic E-state index is 0.423. The summed E-state index contributed by atoms with van der Waals surface area (Å²) >= 11 is 0. The van der Waals surface area contributed by atoms with Gasteiger partial charge in [0.2, 0.25) is 0 Å². The summed E-state index contributed by atoms with van der Waals surface area (Å²) < 4.78 is 5.43. The Hall–Kier alpha value is -0.0800. The lowest BCUT2D eigenvalue weighted by Gasteiger charge is -2.23. The van der Waals surface area contributed by atoms with Gasteiger partial charge >= 0.3 is 0 Å². The molecular weight excluding hydrogens is 162 g/mol. The topological polar surface area (TPSA) is 35.2 Å². The van der Waals surface area contributed by atoms with Gasteiger partial charge in [0.1, 0.15) is 0 Å². The summed E-state index contributed by atoms with van der Waals surface area (Å²) in [5.74, 6) is 0.789. The second-order valence-electron chi connectivity index (χ2n) is 4.21. The van der Waals surface area contributed by atoms with Gasteiger partial charge in [-0.2, -0.15) is 0 Å². The lowest BCUT2D eigenvalue weighted by molar-refractivity contribution is 0.0502. The van der Waals surface area contributed by atoms with Gasteiger partial charge in [0.15, 0.2) is 0 Å². The van der Waals surface area contributed by atoms with E-state index in [1.807, 2.05) is 0 Å². The molecule has 0 bridgehead atoms. The van der Waals surface area contributed by atoms with Gasteiger partial charge in [0, 0.05) is 19.3 Å². The van der Waals surface area contributed by atoms with E-state index >= 15 is 0 Å². The molecule has 1 rings (SSSR count). The average molecular weight is 185 g/mol. The van der Waals surface area contributed by atoms with Gasteiger partial charge in [-0.1, -0.05) is 13.3 Å². The molecule has 0 aromatic rings. The fourth-order valence-electron chi connectivity index (χ4n) is 2.00. The highest BCUT2D eigenvalue weighted by Gasteiger charge is 2.14. The Bertz CT molecular complexity index is 121. The van der Waals surface area contributed by atoms with Crippen molar-refractivity contribution in [2.75, 3.05) is 13.2 Å². The smallest absolute Gasteiger partial charge is 0.0494 e. The molecule has 2 N–H and O–H groups in total. The number of ether oxygens (including phenoxy) is 1. The molecule has 2 atom stereocenters. The lowest BCUT2D eigenvalue weighted by Crippen LogP contribution is -2.23. The minimum Gasteiger partial charge on any atom is -0.381 e. The van der Waals surface area contributed by atoms with Crippen LogP contribution in [0.15, 0.2) is 0 Å². The first-order valence-corrected chi connectivity index (χ1v) is 5.66. The third-order valence-electron chi connectivity index (χ3n) is 2.86. The van der Waals surface area contributed by atoms with Crippen LogP contribution in [0.2, 0.25) is 0 Å². The highest BCUT2D eigenvalue weighted by molar-refractivity contribution is 4.67. The summed E-state index contributed by atoms with van der Waals surface area (Å²) in [5, 5.41) is 0. The van der Waals surface area contributed by atoms with Crippen LogP contribution in [-0.2, 0) is 4.74 Å². The SMILES string of the molecule is CCCC(N)CCC1CCCOC1. The summed E-state index contributed by atoms with van der Waals surface area (Å²) in [7, 11) is 0. The molecule has 1 aliphatic heterocycles. The van der Waals surface area contributed by atoms with E-state index in [0.717, 1.165) is 19.1 Å². The second kappa shape index (κ2) is 6.39. The van der Waals surface area contributed by atoms with Crippen molar-refractivity contribution in [3.63, 3.8) is 0 Å². The van der Waals surface area contributed by atoms with Crippen LogP contribution in [0.5, 0.6) is 0 Å². The maximum absolute atomic E-state index is 5.96. The Morgan fingerprint density at radius 1 is 1.46 bits per heavy atom. The third-order valence-corrected chi connectivity index (χ3v) is 2.86. The van der Waals surface area contributed by atoms with Crippen molar-refractivity contribution in [3.8, 4) is 0 Å². The van der Waals surface area contributed by atoms with E-state index in [1.54, 1.807) is 0 Å². The first-order chi connectivity index (χ1) is 6.33. The Kier molecular flexibility index (Phi) is 5.40. The largest absolute Gasteiger partial charge is 0.381 e. The monoisotopic (exact) mass is 185 g/mol. The number of rotatable bonds is 5. The van der Waals surface area contributed by atoms with Crippen LogP contribution >= 0.6 is 0 Å². The molecule has 78 valence electrons. The molecule has 2 heteroatoms. The Morgan fingerprint density at radius 2 is 2.31 bits per heavy atom. The quantitative estimate of drug-likeness (QED) is 0.713. The molecule has 1 fully saturated rings. The van der Waals surface area contributed by atoms with E-state index in [1.165, 1.54) is 38.5 Å². The molecular formula is C11H23NO. The highest BCUT2D eigenvalue weighted by Crippen LogP contribution is 2.19. The van der Waals surface area contributed by atoms with E-state index in [4.69, 9.17) is 10.5 Å². The van der Waals surface area contributed by atoms with Gasteiger partial charge in [-0.3, -0.25) is 0 Å². The molecule has 0 amide bonds. The van der Waals surface area contributed by atoms with Crippen molar-refractivity contribution in [3.05, 3.63) is 0 Å². The summed E-state index contributed by atoms with van der Waals surface area (Å²) in [6.07, 6.45) is 7.42. The summed E-state index contributed by atoms with van der Waals surface area (Å²) in [6, 6.07) is 0.423. The zero-order valence-electron chi connectivity index (χ0n) is 8.80. The molecule has 1 heterocycles. The van der Waals surface area contributed by atoms with Crippen LogP contribution in [0.25, 0.3) is 0 Å². The molecule has 13 heavy (non-hydrogen) atoms. The van der Waals surface area contributed by atoms with Gasteiger partial charge in [0.05, 0.1) is 0 Å². The van der Waals surface area contributed by atoms with Crippen LogP contribution in [0.1, 0.15) is 45.4 Å². The van der Waals surface area contributed by atoms with Crippen LogP contribution < -0.4 is 5.73 Å². The van der Waals surface area contributed by atoms with E-state index in [0.29, 0.717) is 6.04 Å². The normalized spacial score (nSPS) is 25.8. The van der Waals surface area contributed by atoms with E-state index in [2.05, 4.69) is 6.92 Å². The number of hydrogen-bond acceptors (Lipinski definition) is 2. The molecule has 1 saturated heterocycles. The first kappa shape index (κ1) is 11.0. The predicted molar refractivity (Wildman–Crippen MR) is 55.7 cm³/mol. The van der Waals surface area contributed by atoms with E-state index < -0.39 is 0 Å². The highest BCUT2D eigenvalue weighted by atomic mass is 16.5. The molecule has 1 aliphatic rings. The van der Waals surface area contributed by atoms with Gasteiger partial charge in [-0.15, -0.1) is 0 Å². The van der Waals surface area contributed by atoms with E-state index in [9.17, 15) is 0 Å². The van der Waals surface area contributed by atoms with Crippen molar-refractivity contribution in [2.45, 2.75) is 51.5 Å². The summed E-state index contributed by atoms with van der Waals surface area (Å²) in [6.45, 7) is 4.14. The van der Waals surface area contributed by atoms with Crippen LogP contribution in [-0.4, -0.2) is 19.3 Å². The molecule has 0 spiro atoms.